The molecule has 0 unspecified atom stereocenters. The van der Waals surface area contributed by atoms with E-state index < -0.39 is 5.37 Å². The Morgan fingerprint density at radius 2 is 1.94 bits per heavy atom. The lowest BCUT2D eigenvalue weighted by atomic mass is 9.86. The molecule has 0 radical (unpaired) electrons. The van der Waals surface area contributed by atoms with E-state index in [1.54, 1.807) is 7.05 Å². The summed E-state index contributed by atoms with van der Waals surface area (Å²) < 4.78 is 5.73. The maximum atomic E-state index is 10.8. The van der Waals surface area contributed by atoms with Crippen LogP contribution in [0.25, 0.3) is 0 Å². The molecule has 100 valence electrons. The van der Waals surface area contributed by atoms with Gasteiger partial charge in [-0.25, -0.2) is 0 Å². The van der Waals surface area contributed by atoms with E-state index in [1.165, 1.54) is 4.90 Å². The van der Waals surface area contributed by atoms with Gasteiger partial charge < -0.3 is 9.64 Å². The number of halogens is 1. The van der Waals surface area contributed by atoms with Crippen LogP contribution in [0.4, 0.5) is 4.79 Å². The molecule has 0 aromatic heterocycles. The number of benzene rings is 1. The molecule has 0 atom stereocenters. The minimum Gasteiger partial charge on any atom is -0.491 e. The molecule has 0 saturated carbocycles. The second-order valence-electron chi connectivity index (χ2n) is 5.27. The molecule has 1 aromatic rings. The van der Waals surface area contributed by atoms with Gasteiger partial charge in [0.15, 0.2) is 0 Å². The highest BCUT2D eigenvalue weighted by atomic mass is 35.5. The topological polar surface area (TPSA) is 29.5 Å². The van der Waals surface area contributed by atoms with Gasteiger partial charge in [0.1, 0.15) is 12.4 Å². The Bertz CT molecular complexity index is 413. The molecule has 0 bridgehead atoms. The van der Waals surface area contributed by atoms with Crippen molar-refractivity contribution in [3.8, 4) is 5.75 Å². The smallest absolute Gasteiger partial charge is 0.316 e. The van der Waals surface area contributed by atoms with Crippen LogP contribution < -0.4 is 4.74 Å². The molecule has 1 aromatic carbocycles. The first kappa shape index (κ1) is 14.8. The lowest BCUT2D eigenvalue weighted by Crippen LogP contribution is -2.26. The largest absolute Gasteiger partial charge is 0.491 e. The van der Waals surface area contributed by atoms with E-state index in [0.717, 1.165) is 11.3 Å². The molecule has 3 nitrogen and oxygen atoms in total. The molecular formula is C14H20ClNO2. The SMILES string of the molecule is CN(CCOc1ccccc1C(C)(C)C)C(=O)Cl. The number of hydrogen-bond acceptors (Lipinski definition) is 2. The van der Waals surface area contributed by atoms with Gasteiger partial charge in [-0.05, 0) is 28.6 Å². The summed E-state index contributed by atoms with van der Waals surface area (Å²) in [6.45, 7) is 7.33. The normalized spacial score (nSPS) is 11.2. The molecule has 0 aliphatic heterocycles. The molecule has 0 spiro atoms. The van der Waals surface area contributed by atoms with Crippen molar-refractivity contribution in [3.63, 3.8) is 0 Å². The molecule has 1 amide bonds. The van der Waals surface area contributed by atoms with Gasteiger partial charge >= 0.3 is 5.37 Å². The molecule has 4 heteroatoms. The van der Waals surface area contributed by atoms with E-state index in [0.29, 0.717) is 13.2 Å². The summed E-state index contributed by atoms with van der Waals surface area (Å²) >= 11 is 5.35. The highest BCUT2D eigenvalue weighted by Gasteiger charge is 2.18. The summed E-state index contributed by atoms with van der Waals surface area (Å²) in [5, 5.41) is -0.470. The van der Waals surface area contributed by atoms with Crippen LogP contribution in [-0.2, 0) is 5.41 Å². The molecule has 0 fully saturated rings. The quantitative estimate of drug-likeness (QED) is 0.617. The highest BCUT2D eigenvalue weighted by molar-refractivity contribution is 6.62. The Labute approximate surface area is 114 Å². The molecule has 0 aliphatic carbocycles. The average Bonchev–Trinajstić information content (AvgIpc) is 2.28. The van der Waals surface area contributed by atoms with Crippen molar-refractivity contribution < 1.29 is 9.53 Å². The van der Waals surface area contributed by atoms with Crippen LogP contribution in [0.3, 0.4) is 0 Å². The third-order valence-electron chi connectivity index (χ3n) is 2.68. The highest BCUT2D eigenvalue weighted by Crippen LogP contribution is 2.30. The van der Waals surface area contributed by atoms with Gasteiger partial charge in [-0.15, -0.1) is 0 Å². The summed E-state index contributed by atoms with van der Waals surface area (Å²) in [7, 11) is 1.65. The summed E-state index contributed by atoms with van der Waals surface area (Å²) in [6, 6.07) is 7.96. The number of rotatable bonds is 4. The minimum absolute atomic E-state index is 0.0325. The lowest BCUT2D eigenvalue weighted by Gasteiger charge is -2.23. The van der Waals surface area contributed by atoms with Gasteiger partial charge in [-0.2, -0.15) is 0 Å². The Hall–Kier alpha value is -1.22. The van der Waals surface area contributed by atoms with Crippen molar-refractivity contribution in [2.24, 2.45) is 0 Å². The fraction of sp³-hybridized carbons (Fsp3) is 0.500. The lowest BCUT2D eigenvalue weighted by molar-refractivity contribution is 0.215. The van der Waals surface area contributed by atoms with E-state index in [1.807, 2.05) is 18.2 Å². The minimum atomic E-state index is -0.470. The van der Waals surface area contributed by atoms with E-state index in [4.69, 9.17) is 16.3 Å². The first-order valence-electron chi connectivity index (χ1n) is 5.95. The van der Waals surface area contributed by atoms with Crippen molar-refractivity contribution in [2.45, 2.75) is 26.2 Å². The Balaban J connectivity index is 2.66. The molecule has 0 aliphatic rings. The van der Waals surface area contributed by atoms with Gasteiger partial charge in [-0.1, -0.05) is 39.0 Å². The zero-order chi connectivity index (χ0) is 13.8. The van der Waals surface area contributed by atoms with E-state index in [9.17, 15) is 4.79 Å². The fourth-order valence-electron chi connectivity index (χ4n) is 1.59. The molecule has 0 N–H and O–H groups in total. The monoisotopic (exact) mass is 269 g/mol. The van der Waals surface area contributed by atoms with Crippen LogP contribution in [0, 0.1) is 0 Å². The molecule has 1 rings (SSSR count). The number of hydrogen-bond donors (Lipinski definition) is 0. The van der Waals surface area contributed by atoms with Gasteiger partial charge in [-0.3, -0.25) is 4.79 Å². The third kappa shape index (κ3) is 4.22. The molecule has 0 saturated heterocycles. The first-order valence-corrected chi connectivity index (χ1v) is 6.33. The Morgan fingerprint density at radius 1 is 1.33 bits per heavy atom. The van der Waals surface area contributed by atoms with Crippen LogP contribution in [0.5, 0.6) is 5.75 Å². The molecule has 0 heterocycles. The summed E-state index contributed by atoms with van der Waals surface area (Å²) in [5.74, 6) is 0.862. The number of ether oxygens (including phenoxy) is 1. The predicted molar refractivity (Wildman–Crippen MR) is 74.5 cm³/mol. The van der Waals surface area contributed by atoms with E-state index in [2.05, 4.69) is 26.8 Å². The standard InChI is InChI=1S/C14H20ClNO2/c1-14(2,3)11-7-5-6-8-12(11)18-10-9-16(4)13(15)17/h5-8H,9-10H2,1-4H3. The zero-order valence-corrected chi connectivity index (χ0v) is 12.1. The second kappa shape index (κ2) is 6.10. The first-order chi connectivity index (χ1) is 8.32. The van der Waals surface area contributed by atoms with Crippen LogP contribution in [0.15, 0.2) is 24.3 Å². The van der Waals surface area contributed by atoms with Crippen LogP contribution in [-0.4, -0.2) is 30.5 Å². The molecular weight excluding hydrogens is 250 g/mol. The summed E-state index contributed by atoms with van der Waals surface area (Å²) in [5.41, 5.74) is 1.19. The van der Waals surface area contributed by atoms with Crippen molar-refractivity contribution in [3.05, 3.63) is 29.8 Å². The number of likely N-dealkylation sites (N-methyl/N-ethyl adjacent to an activating group) is 1. The van der Waals surface area contributed by atoms with Crippen molar-refractivity contribution in [1.29, 1.82) is 0 Å². The maximum absolute atomic E-state index is 10.8. The van der Waals surface area contributed by atoms with Gasteiger partial charge in [0.25, 0.3) is 0 Å². The number of carbonyl (C=O) groups is 1. The average molecular weight is 270 g/mol. The van der Waals surface area contributed by atoms with Crippen molar-refractivity contribution >= 4 is 17.0 Å². The van der Waals surface area contributed by atoms with Crippen molar-refractivity contribution in [2.75, 3.05) is 20.2 Å². The number of carbonyl (C=O) groups excluding carboxylic acids is 1. The zero-order valence-electron chi connectivity index (χ0n) is 11.4. The van der Waals surface area contributed by atoms with Crippen LogP contribution >= 0.6 is 11.6 Å². The van der Waals surface area contributed by atoms with Crippen LogP contribution in [0.1, 0.15) is 26.3 Å². The summed E-state index contributed by atoms with van der Waals surface area (Å²) in [6.07, 6.45) is 0. The predicted octanol–water partition coefficient (Wildman–Crippen LogP) is 3.65. The Morgan fingerprint density at radius 3 is 2.50 bits per heavy atom. The maximum Gasteiger partial charge on any atom is 0.316 e. The number of nitrogens with zero attached hydrogens (tertiary/aromatic N) is 1. The van der Waals surface area contributed by atoms with Crippen molar-refractivity contribution in [1.82, 2.24) is 4.90 Å². The van der Waals surface area contributed by atoms with Gasteiger partial charge in [0, 0.05) is 7.05 Å². The fourth-order valence-corrected chi connectivity index (χ4v) is 1.68. The summed E-state index contributed by atoms with van der Waals surface area (Å²) in [4.78, 5) is 12.3. The number of para-hydroxylation sites is 1. The van der Waals surface area contributed by atoms with Crippen LogP contribution in [0.2, 0.25) is 0 Å². The van der Waals surface area contributed by atoms with E-state index in [-0.39, 0.29) is 5.41 Å². The molecule has 18 heavy (non-hydrogen) atoms. The number of amides is 1. The van der Waals surface area contributed by atoms with Gasteiger partial charge in [0.05, 0.1) is 6.54 Å². The third-order valence-corrected chi connectivity index (χ3v) is 2.97. The Kier molecular flexibility index (Phi) is 5.03. The second-order valence-corrected chi connectivity index (χ2v) is 5.59. The van der Waals surface area contributed by atoms with E-state index >= 15 is 0 Å². The van der Waals surface area contributed by atoms with Gasteiger partial charge in [0.2, 0.25) is 0 Å².